The van der Waals surface area contributed by atoms with Crippen LogP contribution in [0.3, 0.4) is 0 Å². The van der Waals surface area contributed by atoms with Gasteiger partial charge >= 0.3 is 0 Å². The van der Waals surface area contributed by atoms with E-state index in [0.29, 0.717) is 42.1 Å². The van der Waals surface area contributed by atoms with Gasteiger partial charge in [-0.2, -0.15) is 4.31 Å². The van der Waals surface area contributed by atoms with Gasteiger partial charge in [0.1, 0.15) is 17.3 Å². The van der Waals surface area contributed by atoms with Gasteiger partial charge in [-0.1, -0.05) is 0 Å². The Balaban J connectivity index is 1.41. The monoisotopic (exact) mass is 461 g/mol. The average Bonchev–Trinajstić information content (AvgIpc) is 3.18. The molecule has 32 heavy (non-hydrogen) atoms. The van der Waals surface area contributed by atoms with E-state index in [1.807, 2.05) is 19.1 Å². The Labute approximate surface area is 187 Å². The van der Waals surface area contributed by atoms with Gasteiger partial charge in [0.15, 0.2) is 6.10 Å². The first-order chi connectivity index (χ1) is 15.1. The number of rotatable bonds is 5. The van der Waals surface area contributed by atoms with Crippen LogP contribution in [0.4, 0.5) is 5.69 Å². The predicted octanol–water partition coefficient (Wildman–Crippen LogP) is 2.33. The summed E-state index contributed by atoms with van der Waals surface area (Å²) in [5.41, 5.74) is 0.988. The zero-order valence-corrected chi connectivity index (χ0v) is 19.1. The highest BCUT2D eigenvalue weighted by Crippen LogP contribution is 2.36. The van der Waals surface area contributed by atoms with Crippen molar-refractivity contribution in [1.82, 2.24) is 9.62 Å². The van der Waals surface area contributed by atoms with Crippen LogP contribution in [0.15, 0.2) is 33.6 Å². The molecule has 4 rings (SSSR count). The summed E-state index contributed by atoms with van der Waals surface area (Å²) in [5, 5.41) is 5.60. The lowest BCUT2D eigenvalue weighted by Crippen LogP contribution is -2.43. The molecule has 0 spiro atoms. The van der Waals surface area contributed by atoms with Crippen LogP contribution in [-0.4, -0.2) is 43.7 Å². The van der Waals surface area contributed by atoms with E-state index in [4.69, 9.17) is 9.15 Å². The SMILES string of the molecule is Cc1ccc(CNC(=O)C2CCN(S(=O)(=O)c3cc4c(cc3C)NC(=O)[C@@H](C)O4)CC2)o1. The summed E-state index contributed by atoms with van der Waals surface area (Å²) >= 11 is 0. The van der Waals surface area contributed by atoms with Crippen LogP contribution in [0, 0.1) is 19.8 Å². The molecule has 1 atom stereocenters. The van der Waals surface area contributed by atoms with Crippen molar-refractivity contribution in [2.45, 2.75) is 51.2 Å². The van der Waals surface area contributed by atoms with Crippen molar-refractivity contribution in [2.75, 3.05) is 18.4 Å². The topological polar surface area (TPSA) is 118 Å². The molecule has 1 saturated heterocycles. The number of hydrogen-bond donors (Lipinski definition) is 2. The van der Waals surface area contributed by atoms with Crippen LogP contribution < -0.4 is 15.4 Å². The van der Waals surface area contributed by atoms with Gasteiger partial charge in [0.25, 0.3) is 5.91 Å². The second kappa shape index (κ2) is 8.59. The number of hydrogen-bond acceptors (Lipinski definition) is 6. The van der Waals surface area contributed by atoms with Crippen molar-refractivity contribution in [2.24, 2.45) is 5.92 Å². The molecule has 0 bridgehead atoms. The fraction of sp³-hybridized carbons (Fsp3) is 0.455. The number of fused-ring (bicyclic) bond motifs is 1. The number of sulfonamides is 1. The smallest absolute Gasteiger partial charge is 0.265 e. The third-order valence-corrected chi connectivity index (χ3v) is 7.92. The molecule has 3 heterocycles. The van der Waals surface area contributed by atoms with E-state index in [0.717, 1.165) is 5.76 Å². The van der Waals surface area contributed by atoms with Crippen molar-refractivity contribution in [1.29, 1.82) is 0 Å². The summed E-state index contributed by atoms with van der Waals surface area (Å²) in [6.07, 6.45) is 0.186. The molecule has 2 amide bonds. The second-order valence-corrected chi connectivity index (χ2v) is 10.2. The first kappa shape index (κ1) is 22.3. The fourth-order valence-electron chi connectivity index (χ4n) is 4.02. The number of benzene rings is 1. The Hall–Kier alpha value is -2.85. The summed E-state index contributed by atoms with van der Waals surface area (Å²) < 4.78 is 39.0. The molecule has 172 valence electrons. The molecule has 2 aliphatic rings. The minimum absolute atomic E-state index is 0.0980. The maximum atomic E-state index is 13.3. The van der Waals surface area contributed by atoms with Crippen LogP contribution in [0.2, 0.25) is 0 Å². The standard InChI is InChI=1S/C22H27N3O6S/c1-13-10-18-19(31-15(3)21(26)24-18)11-20(13)32(28,29)25-8-6-16(7-9-25)22(27)23-12-17-5-4-14(2)30-17/h4-5,10-11,15-16H,6-9,12H2,1-3H3,(H,23,27)(H,24,26)/t15-/m1/s1. The van der Waals surface area contributed by atoms with Crippen LogP contribution >= 0.6 is 0 Å². The molecular weight excluding hydrogens is 434 g/mol. The van der Waals surface area contributed by atoms with E-state index >= 15 is 0 Å². The predicted molar refractivity (Wildman–Crippen MR) is 117 cm³/mol. The minimum atomic E-state index is -3.76. The fourth-order valence-corrected chi connectivity index (χ4v) is 5.71. The zero-order valence-electron chi connectivity index (χ0n) is 18.3. The Morgan fingerprint density at radius 2 is 1.94 bits per heavy atom. The Morgan fingerprint density at radius 1 is 1.22 bits per heavy atom. The molecule has 1 fully saturated rings. The first-order valence-corrected chi connectivity index (χ1v) is 12.0. The maximum absolute atomic E-state index is 13.3. The maximum Gasteiger partial charge on any atom is 0.265 e. The molecule has 0 saturated carbocycles. The van der Waals surface area contributed by atoms with Gasteiger partial charge in [-0.05, 0) is 57.4 Å². The third kappa shape index (κ3) is 4.37. The van der Waals surface area contributed by atoms with Gasteiger partial charge in [-0.3, -0.25) is 9.59 Å². The van der Waals surface area contributed by atoms with E-state index in [-0.39, 0.29) is 35.7 Å². The quantitative estimate of drug-likeness (QED) is 0.706. The van der Waals surface area contributed by atoms with Crippen LogP contribution in [-0.2, 0) is 26.2 Å². The number of anilines is 1. The third-order valence-electron chi connectivity index (χ3n) is 5.88. The number of amides is 2. The van der Waals surface area contributed by atoms with Gasteiger partial charge in [0.2, 0.25) is 15.9 Å². The molecular formula is C22H27N3O6S. The summed E-state index contributed by atoms with van der Waals surface area (Å²) in [6.45, 7) is 5.96. The largest absolute Gasteiger partial charge is 0.479 e. The molecule has 2 aromatic rings. The van der Waals surface area contributed by atoms with Crippen LogP contribution in [0.5, 0.6) is 5.75 Å². The molecule has 1 aromatic heterocycles. The number of carbonyl (C=O) groups excluding carboxylic acids is 2. The summed E-state index contributed by atoms with van der Waals surface area (Å²) in [7, 11) is -3.76. The van der Waals surface area contributed by atoms with Crippen LogP contribution in [0.1, 0.15) is 36.8 Å². The summed E-state index contributed by atoms with van der Waals surface area (Å²) in [4.78, 5) is 24.5. The summed E-state index contributed by atoms with van der Waals surface area (Å²) in [5.74, 6) is 1.19. The number of carbonyl (C=O) groups is 2. The van der Waals surface area contributed by atoms with Crippen molar-refractivity contribution in [3.8, 4) is 5.75 Å². The van der Waals surface area contributed by atoms with Crippen molar-refractivity contribution in [3.63, 3.8) is 0 Å². The van der Waals surface area contributed by atoms with Crippen LogP contribution in [0.25, 0.3) is 0 Å². The Kier molecular flexibility index (Phi) is 6.00. The highest BCUT2D eigenvalue weighted by atomic mass is 32.2. The number of nitrogens with zero attached hydrogens (tertiary/aromatic N) is 1. The van der Waals surface area contributed by atoms with E-state index in [1.165, 1.54) is 10.4 Å². The van der Waals surface area contributed by atoms with Gasteiger partial charge in [-0.25, -0.2) is 8.42 Å². The van der Waals surface area contributed by atoms with Gasteiger partial charge < -0.3 is 19.8 Å². The highest BCUT2D eigenvalue weighted by Gasteiger charge is 2.34. The molecule has 2 N–H and O–H groups in total. The van der Waals surface area contributed by atoms with E-state index in [9.17, 15) is 18.0 Å². The molecule has 2 aliphatic heterocycles. The van der Waals surface area contributed by atoms with Crippen molar-refractivity contribution < 1.29 is 27.2 Å². The lowest BCUT2D eigenvalue weighted by molar-refractivity contribution is -0.126. The molecule has 0 aliphatic carbocycles. The molecule has 9 nitrogen and oxygen atoms in total. The van der Waals surface area contributed by atoms with E-state index in [2.05, 4.69) is 10.6 Å². The first-order valence-electron chi connectivity index (χ1n) is 10.6. The molecule has 0 unspecified atom stereocenters. The normalized spacial score (nSPS) is 19.7. The number of aryl methyl sites for hydroxylation is 2. The van der Waals surface area contributed by atoms with Crippen molar-refractivity contribution >= 4 is 27.5 Å². The molecule has 1 aromatic carbocycles. The van der Waals surface area contributed by atoms with Gasteiger partial charge in [0, 0.05) is 25.1 Å². The number of furan rings is 1. The summed E-state index contributed by atoms with van der Waals surface area (Å²) in [6, 6.07) is 6.75. The van der Waals surface area contributed by atoms with E-state index < -0.39 is 16.1 Å². The number of nitrogens with one attached hydrogen (secondary N) is 2. The number of piperidine rings is 1. The lowest BCUT2D eigenvalue weighted by Gasteiger charge is -2.31. The highest BCUT2D eigenvalue weighted by molar-refractivity contribution is 7.89. The number of ether oxygens (including phenoxy) is 1. The van der Waals surface area contributed by atoms with Crippen molar-refractivity contribution in [3.05, 3.63) is 41.3 Å². The average molecular weight is 462 g/mol. The molecule has 0 radical (unpaired) electrons. The molecule has 10 heteroatoms. The van der Waals surface area contributed by atoms with E-state index in [1.54, 1.807) is 19.9 Å². The van der Waals surface area contributed by atoms with Gasteiger partial charge in [0.05, 0.1) is 17.1 Å². The second-order valence-electron chi connectivity index (χ2n) is 8.27. The Bertz CT molecular complexity index is 1150. The minimum Gasteiger partial charge on any atom is -0.479 e. The Morgan fingerprint density at radius 3 is 2.59 bits per heavy atom. The lowest BCUT2D eigenvalue weighted by atomic mass is 9.97. The zero-order chi connectivity index (χ0) is 23.0. The van der Waals surface area contributed by atoms with Gasteiger partial charge in [-0.15, -0.1) is 0 Å².